The number of thiophene rings is 1. The highest BCUT2D eigenvalue weighted by molar-refractivity contribution is 7.09. The molecule has 0 aliphatic carbocycles. The quantitative estimate of drug-likeness (QED) is 0.775. The molecule has 0 N–H and O–H groups in total. The van der Waals surface area contributed by atoms with E-state index in [1.807, 2.05) is 24.6 Å². The Bertz CT molecular complexity index is 475. The van der Waals surface area contributed by atoms with Gasteiger partial charge in [-0.1, -0.05) is 6.07 Å². The van der Waals surface area contributed by atoms with Crippen molar-refractivity contribution in [3.63, 3.8) is 0 Å². The molecule has 1 atom stereocenters. The van der Waals surface area contributed by atoms with Crippen molar-refractivity contribution in [2.24, 2.45) is 5.92 Å². The van der Waals surface area contributed by atoms with Gasteiger partial charge in [0.1, 0.15) is 0 Å². The van der Waals surface area contributed by atoms with Gasteiger partial charge in [-0.15, -0.1) is 11.3 Å². The molecule has 0 unspecified atom stereocenters. The summed E-state index contributed by atoms with van der Waals surface area (Å²) in [7, 11) is 3.24. The van der Waals surface area contributed by atoms with Crippen molar-refractivity contribution >= 4 is 23.2 Å². The first kappa shape index (κ1) is 16.0. The highest BCUT2D eigenvalue weighted by Crippen LogP contribution is 2.18. The molecule has 0 aromatic carbocycles. The van der Waals surface area contributed by atoms with Crippen LogP contribution in [-0.2, 0) is 20.9 Å². The third-order valence-corrected chi connectivity index (χ3v) is 4.66. The number of carbonyl (C=O) groups excluding carboxylic acids is 2. The van der Waals surface area contributed by atoms with Crippen molar-refractivity contribution in [2.75, 3.05) is 33.8 Å². The molecule has 1 aromatic heterocycles. The van der Waals surface area contributed by atoms with Crippen LogP contribution in [0.15, 0.2) is 17.5 Å². The number of esters is 1. The number of rotatable bonds is 5. The third-order valence-electron chi connectivity index (χ3n) is 3.80. The lowest BCUT2D eigenvalue weighted by Gasteiger charge is -2.31. The number of ether oxygens (including phenoxy) is 1. The summed E-state index contributed by atoms with van der Waals surface area (Å²) in [6.07, 6.45) is 1.78. The summed E-state index contributed by atoms with van der Waals surface area (Å²) in [4.78, 5) is 28.8. The molecule has 0 saturated carbocycles. The van der Waals surface area contributed by atoms with Gasteiger partial charge >= 0.3 is 5.97 Å². The van der Waals surface area contributed by atoms with Crippen molar-refractivity contribution in [3.05, 3.63) is 22.4 Å². The van der Waals surface area contributed by atoms with Crippen molar-refractivity contribution in [1.82, 2.24) is 9.80 Å². The molecule has 2 heterocycles. The van der Waals surface area contributed by atoms with E-state index in [1.165, 1.54) is 12.0 Å². The second-order valence-electron chi connectivity index (χ2n) is 5.43. The van der Waals surface area contributed by atoms with Gasteiger partial charge in [0.15, 0.2) is 0 Å². The molecule has 0 radical (unpaired) electrons. The Balaban J connectivity index is 1.82. The lowest BCUT2D eigenvalue weighted by molar-refractivity contribution is -0.148. The molecule has 116 valence electrons. The van der Waals surface area contributed by atoms with E-state index in [4.69, 9.17) is 4.74 Å². The summed E-state index contributed by atoms with van der Waals surface area (Å²) in [5, 5.41) is 2.01. The molecule has 0 bridgehead atoms. The van der Waals surface area contributed by atoms with Crippen LogP contribution in [-0.4, -0.2) is 55.5 Å². The fourth-order valence-corrected chi connectivity index (χ4v) is 3.35. The monoisotopic (exact) mass is 310 g/mol. The fourth-order valence-electron chi connectivity index (χ4n) is 2.59. The van der Waals surface area contributed by atoms with Crippen LogP contribution >= 0.6 is 11.3 Å². The van der Waals surface area contributed by atoms with E-state index < -0.39 is 0 Å². The zero-order valence-corrected chi connectivity index (χ0v) is 13.4. The predicted octanol–water partition coefficient (Wildman–Crippen LogP) is 1.59. The summed E-state index contributed by atoms with van der Waals surface area (Å²) in [6.45, 7) is 2.50. The molecule has 1 fully saturated rings. The number of nitrogens with zero attached hydrogens (tertiary/aromatic N) is 2. The Morgan fingerprint density at radius 2 is 2.33 bits per heavy atom. The topological polar surface area (TPSA) is 49.9 Å². The lowest BCUT2D eigenvalue weighted by atomic mass is 9.98. The fraction of sp³-hybridized carbons (Fsp3) is 0.600. The summed E-state index contributed by atoms with van der Waals surface area (Å²) in [5.74, 6) is -0.174. The minimum Gasteiger partial charge on any atom is -0.469 e. The van der Waals surface area contributed by atoms with E-state index in [1.54, 1.807) is 16.2 Å². The number of likely N-dealkylation sites (N-methyl/N-ethyl adjacent to an activating group) is 1. The van der Waals surface area contributed by atoms with Gasteiger partial charge in [0.05, 0.1) is 26.1 Å². The van der Waals surface area contributed by atoms with Gasteiger partial charge in [-0.25, -0.2) is 0 Å². The average Bonchev–Trinajstić information content (AvgIpc) is 2.99. The molecule has 2 rings (SSSR count). The third kappa shape index (κ3) is 4.54. The molecule has 6 heteroatoms. The van der Waals surface area contributed by atoms with E-state index in [9.17, 15) is 9.59 Å². The van der Waals surface area contributed by atoms with Crippen LogP contribution in [0.5, 0.6) is 0 Å². The van der Waals surface area contributed by atoms with Crippen molar-refractivity contribution in [3.8, 4) is 0 Å². The number of amides is 1. The molecule has 1 saturated heterocycles. The first-order valence-electron chi connectivity index (χ1n) is 7.16. The molecular weight excluding hydrogens is 288 g/mol. The maximum absolute atomic E-state index is 12.3. The molecule has 1 aromatic rings. The summed E-state index contributed by atoms with van der Waals surface area (Å²) >= 11 is 1.65. The number of hydrogen-bond donors (Lipinski definition) is 0. The van der Waals surface area contributed by atoms with Gasteiger partial charge in [-0.05, 0) is 30.8 Å². The second-order valence-corrected chi connectivity index (χ2v) is 6.46. The summed E-state index contributed by atoms with van der Waals surface area (Å²) in [6, 6.07) is 4.02. The normalized spacial score (nSPS) is 19.2. The zero-order chi connectivity index (χ0) is 15.2. The molecule has 1 aliphatic heterocycles. The summed E-state index contributed by atoms with van der Waals surface area (Å²) in [5.41, 5.74) is 0. The Morgan fingerprint density at radius 3 is 3.00 bits per heavy atom. The van der Waals surface area contributed by atoms with E-state index >= 15 is 0 Å². The zero-order valence-electron chi connectivity index (χ0n) is 12.6. The minimum atomic E-state index is -0.168. The number of methoxy groups -OCH3 is 1. The highest BCUT2D eigenvalue weighted by atomic mass is 32.1. The first-order valence-corrected chi connectivity index (χ1v) is 8.04. The molecule has 0 spiro atoms. The lowest BCUT2D eigenvalue weighted by Crippen LogP contribution is -2.44. The molecule has 21 heavy (non-hydrogen) atoms. The van der Waals surface area contributed by atoms with Crippen LogP contribution in [0, 0.1) is 5.92 Å². The molecule has 5 nitrogen and oxygen atoms in total. The second kappa shape index (κ2) is 7.56. The first-order chi connectivity index (χ1) is 10.1. The molecule has 1 amide bonds. The largest absolute Gasteiger partial charge is 0.469 e. The number of carbonyl (C=O) groups is 2. The van der Waals surface area contributed by atoms with Gasteiger partial charge in [-0.3, -0.25) is 14.5 Å². The Kier molecular flexibility index (Phi) is 5.76. The smallest absolute Gasteiger partial charge is 0.309 e. The van der Waals surface area contributed by atoms with Gasteiger partial charge in [-0.2, -0.15) is 0 Å². The van der Waals surface area contributed by atoms with Crippen LogP contribution in [0.25, 0.3) is 0 Å². The van der Waals surface area contributed by atoms with Crippen molar-refractivity contribution in [1.29, 1.82) is 0 Å². The van der Waals surface area contributed by atoms with Gasteiger partial charge in [0.25, 0.3) is 0 Å². The van der Waals surface area contributed by atoms with Gasteiger partial charge < -0.3 is 9.64 Å². The van der Waals surface area contributed by atoms with Crippen molar-refractivity contribution in [2.45, 2.75) is 19.4 Å². The highest BCUT2D eigenvalue weighted by Gasteiger charge is 2.27. The van der Waals surface area contributed by atoms with Crippen molar-refractivity contribution < 1.29 is 14.3 Å². The van der Waals surface area contributed by atoms with Crippen LogP contribution in [0.1, 0.15) is 17.7 Å². The predicted molar refractivity (Wildman–Crippen MR) is 82.0 cm³/mol. The Labute approximate surface area is 129 Å². The number of piperidine rings is 1. The standard InChI is InChI=1S/C15H22N2O3S/c1-16(10-13-6-4-8-21-13)14(18)11-17-7-3-5-12(9-17)15(19)20-2/h4,6,8,12H,3,5,7,9-11H2,1-2H3/t12-/m0/s1. The van der Waals surface area contributed by atoms with Crippen LogP contribution in [0.4, 0.5) is 0 Å². The molecule has 1 aliphatic rings. The molecular formula is C15H22N2O3S. The van der Waals surface area contributed by atoms with Gasteiger partial charge in [0.2, 0.25) is 5.91 Å². The number of hydrogen-bond acceptors (Lipinski definition) is 5. The maximum atomic E-state index is 12.3. The van der Waals surface area contributed by atoms with E-state index in [2.05, 4.69) is 4.90 Å². The Morgan fingerprint density at radius 1 is 1.52 bits per heavy atom. The van der Waals surface area contributed by atoms with E-state index in [-0.39, 0.29) is 17.8 Å². The number of likely N-dealkylation sites (tertiary alicyclic amines) is 1. The van der Waals surface area contributed by atoms with Crippen LogP contribution < -0.4 is 0 Å². The van der Waals surface area contributed by atoms with Crippen LogP contribution in [0.3, 0.4) is 0 Å². The SMILES string of the molecule is COC(=O)[C@H]1CCCN(CC(=O)N(C)Cc2cccs2)C1. The average molecular weight is 310 g/mol. The Hall–Kier alpha value is -1.40. The van der Waals surface area contributed by atoms with Gasteiger partial charge in [0, 0.05) is 18.5 Å². The summed E-state index contributed by atoms with van der Waals surface area (Å²) < 4.78 is 4.80. The minimum absolute atomic E-state index is 0.0916. The maximum Gasteiger partial charge on any atom is 0.309 e. The van der Waals surface area contributed by atoms with E-state index in [0.29, 0.717) is 19.6 Å². The van der Waals surface area contributed by atoms with E-state index in [0.717, 1.165) is 19.4 Å². The van der Waals surface area contributed by atoms with Crippen LogP contribution in [0.2, 0.25) is 0 Å².